The number of carbonyl (C=O) groups excluding carboxylic acids is 1. The van der Waals surface area contributed by atoms with Crippen LogP contribution in [0, 0.1) is 0 Å². The Morgan fingerprint density at radius 3 is 2.43 bits per heavy atom. The van der Waals surface area contributed by atoms with Crippen molar-refractivity contribution in [3.63, 3.8) is 0 Å². The smallest absolute Gasteiger partial charge is 0.338 e. The van der Waals surface area contributed by atoms with E-state index in [0.717, 1.165) is 16.0 Å². The highest BCUT2D eigenvalue weighted by atomic mass is 32.1. The maximum Gasteiger partial charge on any atom is 0.338 e. The first-order valence-electron chi connectivity index (χ1n) is 13.8. The lowest BCUT2D eigenvalue weighted by Gasteiger charge is -2.24. The first kappa shape index (κ1) is 29.0. The number of benzene rings is 3. The minimum Gasteiger partial charge on any atom is -0.488 e. The number of carbonyl (C=O) groups is 2. The zero-order valence-corrected chi connectivity index (χ0v) is 25.1. The molecule has 0 unspecified atom stereocenters. The average molecular weight is 623 g/mol. The second kappa shape index (κ2) is 12.7. The summed E-state index contributed by atoms with van der Waals surface area (Å²) in [6.07, 6.45) is 1.77. The number of aromatic carboxylic acids is 1. The number of nitrogens with zero attached hydrogens (tertiary/aromatic N) is 2. The van der Waals surface area contributed by atoms with Gasteiger partial charge in [-0.25, -0.2) is 14.6 Å². The van der Waals surface area contributed by atoms with Crippen LogP contribution in [0.25, 0.3) is 11.8 Å². The first-order valence-corrected chi connectivity index (χ1v) is 15.5. The molecule has 0 saturated heterocycles. The lowest BCUT2D eigenvalue weighted by Crippen LogP contribution is -2.39. The Hall–Kier alpha value is -5.06. The second-order valence-corrected chi connectivity index (χ2v) is 11.8. The van der Waals surface area contributed by atoms with E-state index in [1.54, 1.807) is 29.7 Å². The van der Waals surface area contributed by atoms with Gasteiger partial charge in [0.1, 0.15) is 18.4 Å². The maximum atomic E-state index is 14.1. The van der Waals surface area contributed by atoms with Crippen LogP contribution in [0.4, 0.5) is 0 Å². The van der Waals surface area contributed by atoms with Crippen molar-refractivity contribution in [2.45, 2.75) is 19.6 Å². The van der Waals surface area contributed by atoms with Gasteiger partial charge in [-0.3, -0.25) is 9.36 Å². The highest BCUT2D eigenvalue weighted by Gasteiger charge is 2.35. The van der Waals surface area contributed by atoms with Gasteiger partial charge in [0.25, 0.3) is 5.56 Å². The van der Waals surface area contributed by atoms with Crippen molar-refractivity contribution < 1.29 is 24.2 Å². The number of thiazole rings is 1. The van der Waals surface area contributed by atoms with Crippen LogP contribution >= 0.6 is 22.7 Å². The molecule has 3 heterocycles. The van der Waals surface area contributed by atoms with Crippen LogP contribution in [-0.2, 0) is 16.1 Å². The summed E-state index contributed by atoms with van der Waals surface area (Å²) in [5.74, 6) is -0.943. The minimum atomic E-state index is -0.990. The Bertz CT molecular complexity index is 2040. The molecule has 8 nitrogen and oxygen atoms in total. The van der Waals surface area contributed by atoms with Crippen molar-refractivity contribution in [2.24, 2.45) is 4.99 Å². The monoisotopic (exact) mass is 622 g/mol. The van der Waals surface area contributed by atoms with E-state index in [9.17, 15) is 14.4 Å². The number of esters is 1. The molecule has 0 aliphatic carbocycles. The highest BCUT2D eigenvalue weighted by molar-refractivity contribution is 7.10. The molecule has 0 radical (unpaired) electrons. The van der Waals surface area contributed by atoms with Gasteiger partial charge in [0, 0.05) is 16.0 Å². The van der Waals surface area contributed by atoms with E-state index in [4.69, 9.17) is 19.6 Å². The van der Waals surface area contributed by atoms with Crippen molar-refractivity contribution in [1.29, 1.82) is 0 Å². The third kappa shape index (κ3) is 5.77. The highest BCUT2D eigenvalue weighted by Crippen LogP contribution is 2.36. The summed E-state index contributed by atoms with van der Waals surface area (Å²) in [5, 5.41) is 11.1. The van der Waals surface area contributed by atoms with Crippen LogP contribution in [0.2, 0.25) is 0 Å². The zero-order valence-electron chi connectivity index (χ0n) is 23.5. The van der Waals surface area contributed by atoms with Crippen LogP contribution in [0.15, 0.2) is 112 Å². The molecule has 0 spiro atoms. The lowest BCUT2D eigenvalue weighted by molar-refractivity contribution is -0.138. The maximum absolute atomic E-state index is 14.1. The van der Waals surface area contributed by atoms with Crippen LogP contribution in [-0.4, -0.2) is 28.2 Å². The van der Waals surface area contributed by atoms with E-state index in [0.29, 0.717) is 31.9 Å². The van der Waals surface area contributed by atoms with E-state index >= 15 is 0 Å². The Morgan fingerprint density at radius 2 is 1.73 bits per heavy atom. The normalized spacial score (nSPS) is 14.6. The molecule has 2 aromatic heterocycles. The molecule has 1 atom stereocenters. The number of thiophene rings is 1. The minimum absolute atomic E-state index is 0.187. The molecule has 0 bridgehead atoms. The Morgan fingerprint density at radius 1 is 0.977 bits per heavy atom. The van der Waals surface area contributed by atoms with Crippen molar-refractivity contribution in [1.82, 2.24) is 4.57 Å². The van der Waals surface area contributed by atoms with Gasteiger partial charge >= 0.3 is 11.9 Å². The molecule has 5 aromatic rings. The van der Waals surface area contributed by atoms with E-state index < -0.39 is 18.0 Å². The molecule has 10 heteroatoms. The molecule has 0 fully saturated rings. The summed E-state index contributed by atoms with van der Waals surface area (Å²) in [7, 11) is 0. The predicted molar refractivity (Wildman–Crippen MR) is 170 cm³/mol. The summed E-state index contributed by atoms with van der Waals surface area (Å²) in [4.78, 5) is 44.9. The summed E-state index contributed by atoms with van der Waals surface area (Å²) in [6.45, 7) is 2.15. The van der Waals surface area contributed by atoms with E-state index in [1.807, 2.05) is 72.1 Å². The van der Waals surface area contributed by atoms with Gasteiger partial charge in [0.2, 0.25) is 0 Å². The van der Waals surface area contributed by atoms with Crippen LogP contribution in [0.5, 0.6) is 5.75 Å². The SMILES string of the molecule is CCOC(=O)C1=C(c2ccccc2)N=c2s/c(=C\c3ccccc3OCc3ccc(C(=O)O)cc3)c(=O)n2[C@@H]1c1cccs1. The Kier molecular flexibility index (Phi) is 8.36. The average Bonchev–Trinajstić information content (AvgIpc) is 3.69. The van der Waals surface area contributed by atoms with Gasteiger partial charge in [-0.1, -0.05) is 78.1 Å². The second-order valence-electron chi connectivity index (χ2n) is 9.78. The van der Waals surface area contributed by atoms with E-state index in [2.05, 4.69) is 0 Å². The van der Waals surface area contributed by atoms with Crippen molar-refractivity contribution >= 4 is 46.4 Å². The van der Waals surface area contributed by atoms with Gasteiger partial charge < -0.3 is 14.6 Å². The third-order valence-electron chi connectivity index (χ3n) is 6.99. The molecule has 0 amide bonds. The van der Waals surface area contributed by atoms with Crippen molar-refractivity contribution in [3.8, 4) is 5.75 Å². The van der Waals surface area contributed by atoms with Gasteiger partial charge in [0.15, 0.2) is 4.80 Å². The van der Waals surface area contributed by atoms with Crippen molar-refractivity contribution in [2.75, 3.05) is 6.61 Å². The third-order valence-corrected chi connectivity index (χ3v) is 8.89. The summed E-state index contributed by atoms with van der Waals surface area (Å²) < 4.78 is 13.6. The lowest BCUT2D eigenvalue weighted by atomic mass is 9.97. The van der Waals surface area contributed by atoms with Crippen LogP contribution in [0.3, 0.4) is 0 Å². The van der Waals surface area contributed by atoms with Gasteiger partial charge in [-0.05, 0) is 48.2 Å². The van der Waals surface area contributed by atoms with Gasteiger partial charge in [-0.15, -0.1) is 11.3 Å². The molecule has 1 N–H and O–H groups in total. The van der Waals surface area contributed by atoms with Gasteiger partial charge in [-0.2, -0.15) is 0 Å². The predicted octanol–water partition coefficient (Wildman–Crippen LogP) is 5.27. The number of carboxylic acid groups (broad SMARTS) is 1. The molecular weight excluding hydrogens is 597 g/mol. The standard InChI is InChI=1S/C34H26N2O6S2/c1-2-41-33(40)28-29(22-9-4-3-5-10-22)35-34-36(30(28)26-13-8-18-43-26)31(37)27(44-34)19-24-11-6-7-12-25(24)42-20-21-14-16-23(17-15-21)32(38)39/h3-19,30H,2,20H2,1H3,(H,38,39)/b27-19-/t30-/m1/s1. The number of fused-ring (bicyclic) bond motifs is 1. The number of ether oxygens (including phenoxy) is 2. The number of aromatic nitrogens is 1. The number of para-hydroxylation sites is 1. The van der Waals surface area contributed by atoms with Crippen LogP contribution < -0.4 is 19.6 Å². The summed E-state index contributed by atoms with van der Waals surface area (Å²) in [6, 6.07) is 26.4. The number of hydrogen-bond donors (Lipinski definition) is 1. The quantitative estimate of drug-likeness (QED) is 0.225. The molecule has 6 rings (SSSR count). The molecule has 1 aliphatic rings. The van der Waals surface area contributed by atoms with Gasteiger partial charge in [0.05, 0.1) is 28.0 Å². The topological polar surface area (TPSA) is 107 Å². The largest absolute Gasteiger partial charge is 0.488 e. The van der Waals surface area contributed by atoms with E-state index in [-0.39, 0.29) is 24.3 Å². The molecule has 1 aliphatic heterocycles. The summed E-state index contributed by atoms with van der Waals surface area (Å²) in [5.41, 5.74) is 2.97. The van der Waals surface area contributed by atoms with E-state index in [1.165, 1.54) is 34.8 Å². The fourth-order valence-corrected chi connectivity index (χ4v) is 6.75. The molecule has 0 saturated carbocycles. The zero-order chi connectivity index (χ0) is 30.6. The molecule has 3 aromatic carbocycles. The molecular formula is C34H26N2O6S2. The summed E-state index contributed by atoms with van der Waals surface area (Å²) >= 11 is 2.71. The van der Waals surface area contributed by atoms with Crippen molar-refractivity contribution in [3.05, 3.63) is 149 Å². The number of rotatable bonds is 9. The number of carboxylic acids is 1. The molecule has 44 heavy (non-hydrogen) atoms. The first-order chi connectivity index (χ1) is 21.4. The molecule has 220 valence electrons. The fourth-order valence-electron chi connectivity index (χ4n) is 4.93. The Labute approximate surface area is 260 Å². The Balaban J connectivity index is 1.45. The fraction of sp³-hybridized carbons (Fsp3) is 0.118. The number of hydrogen-bond acceptors (Lipinski definition) is 8. The van der Waals surface area contributed by atoms with Crippen LogP contribution in [0.1, 0.15) is 44.9 Å².